The molecule has 0 unspecified atom stereocenters. The Morgan fingerprint density at radius 2 is 2.16 bits per heavy atom. The molecule has 2 aromatic rings. The number of carbonyl (C=O) groups excluding carboxylic acids is 1. The Hall–Kier alpha value is -2.37. The molecule has 0 saturated heterocycles. The number of thioether (sulfide) groups is 1. The molecule has 0 radical (unpaired) electrons. The van der Waals surface area contributed by atoms with Crippen LogP contribution in [0.25, 0.3) is 0 Å². The summed E-state index contributed by atoms with van der Waals surface area (Å²) in [7, 11) is 0. The second kappa shape index (κ2) is 7.25. The lowest BCUT2D eigenvalue weighted by molar-refractivity contribution is -0.385. The molecular weight excluding hydrogens is 358 g/mol. The zero-order valence-corrected chi connectivity index (χ0v) is 15.1. The van der Waals surface area contributed by atoms with E-state index in [2.05, 4.69) is 11.4 Å². The zero-order valence-electron chi connectivity index (χ0n) is 13.5. The Morgan fingerprint density at radius 1 is 1.40 bits per heavy atom. The molecule has 0 saturated carbocycles. The van der Waals surface area contributed by atoms with Gasteiger partial charge in [0.05, 0.1) is 10.5 Å². The van der Waals surface area contributed by atoms with E-state index in [9.17, 15) is 20.2 Å². The van der Waals surface area contributed by atoms with Gasteiger partial charge in [0.25, 0.3) is 11.6 Å². The summed E-state index contributed by atoms with van der Waals surface area (Å²) in [6, 6.07) is 6.64. The quantitative estimate of drug-likeness (QED) is 0.487. The highest BCUT2D eigenvalue weighted by Gasteiger charge is 2.25. The van der Waals surface area contributed by atoms with E-state index in [-0.39, 0.29) is 11.3 Å². The largest absolute Gasteiger partial charge is 0.312 e. The number of nitro benzene ring substituents is 1. The number of hydrogen-bond donors (Lipinski definition) is 1. The van der Waals surface area contributed by atoms with Gasteiger partial charge in [0, 0.05) is 15.8 Å². The zero-order chi connectivity index (χ0) is 18.0. The van der Waals surface area contributed by atoms with Crippen molar-refractivity contribution in [2.45, 2.75) is 30.6 Å². The van der Waals surface area contributed by atoms with E-state index in [1.165, 1.54) is 35.2 Å². The van der Waals surface area contributed by atoms with Gasteiger partial charge in [-0.15, -0.1) is 23.1 Å². The summed E-state index contributed by atoms with van der Waals surface area (Å²) in [5.74, 6) is -0.558. The molecule has 0 spiro atoms. The number of nitrogens with one attached hydrogen (secondary N) is 1. The molecule has 6 nitrogen and oxygen atoms in total. The van der Waals surface area contributed by atoms with Crippen LogP contribution >= 0.6 is 23.1 Å². The summed E-state index contributed by atoms with van der Waals surface area (Å²) in [6.07, 6.45) is 5.70. The third-order valence-corrected chi connectivity index (χ3v) is 6.09. The lowest BCUT2D eigenvalue weighted by atomic mass is 9.96. The van der Waals surface area contributed by atoms with Crippen molar-refractivity contribution in [3.8, 4) is 6.07 Å². The number of thiophene rings is 1. The van der Waals surface area contributed by atoms with Crippen molar-refractivity contribution in [2.75, 3.05) is 11.6 Å². The first kappa shape index (κ1) is 17.5. The molecule has 0 aliphatic heterocycles. The third kappa shape index (κ3) is 3.38. The van der Waals surface area contributed by atoms with E-state index >= 15 is 0 Å². The maximum Gasteiger partial charge on any atom is 0.282 e. The average molecular weight is 373 g/mol. The number of amides is 1. The molecule has 1 aliphatic rings. The summed E-state index contributed by atoms with van der Waals surface area (Å²) in [5, 5.41) is 23.9. The Balaban J connectivity index is 1.97. The lowest BCUT2D eigenvalue weighted by Gasteiger charge is -2.09. The van der Waals surface area contributed by atoms with Crippen molar-refractivity contribution in [2.24, 2.45) is 0 Å². The maximum atomic E-state index is 12.7. The van der Waals surface area contributed by atoms with Gasteiger partial charge in [0.1, 0.15) is 16.6 Å². The van der Waals surface area contributed by atoms with Gasteiger partial charge >= 0.3 is 0 Å². The molecule has 0 fully saturated rings. The first-order valence-electron chi connectivity index (χ1n) is 7.73. The van der Waals surface area contributed by atoms with Gasteiger partial charge in [-0.25, -0.2) is 0 Å². The van der Waals surface area contributed by atoms with Crippen molar-refractivity contribution in [3.05, 3.63) is 49.9 Å². The van der Waals surface area contributed by atoms with Crippen LogP contribution in [-0.4, -0.2) is 17.1 Å². The molecule has 0 bridgehead atoms. The Labute approximate surface area is 153 Å². The van der Waals surface area contributed by atoms with Gasteiger partial charge in [-0.05, 0) is 49.6 Å². The smallest absolute Gasteiger partial charge is 0.282 e. The minimum absolute atomic E-state index is 0.00658. The van der Waals surface area contributed by atoms with Crippen LogP contribution in [0, 0.1) is 21.4 Å². The minimum atomic E-state index is -0.566. The molecule has 1 aromatic heterocycles. The van der Waals surface area contributed by atoms with Crippen molar-refractivity contribution < 1.29 is 9.72 Å². The van der Waals surface area contributed by atoms with Crippen LogP contribution in [0.2, 0.25) is 0 Å². The summed E-state index contributed by atoms with van der Waals surface area (Å²) in [6.45, 7) is 0. The van der Waals surface area contributed by atoms with Crippen LogP contribution in [0.15, 0.2) is 23.1 Å². The van der Waals surface area contributed by atoms with Crippen LogP contribution in [0.1, 0.15) is 39.2 Å². The summed E-state index contributed by atoms with van der Waals surface area (Å²) in [5.41, 5.74) is 1.28. The molecule has 1 heterocycles. The SMILES string of the molecule is CSc1ccc([N+](=O)[O-])c(C(=O)Nc2sc3c(c2C#N)CCCC3)c1. The highest BCUT2D eigenvalue weighted by molar-refractivity contribution is 7.98. The van der Waals surface area contributed by atoms with E-state index in [0.29, 0.717) is 10.6 Å². The monoisotopic (exact) mass is 373 g/mol. The maximum absolute atomic E-state index is 12.7. The molecule has 1 N–H and O–H groups in total. The summed E-state index contributed by atoms with van der Waals surface area (Å²) in [4.78, 5) is 25.2. The first-order valence-corrected chi connectivity index (χ1v) is 9.77. The molecule has 1 amide bonds. The number of nitriles is 1. The topological polar surface area (TPSA) is 96.0 Å². The second-order valence-corrected chi connectivity index (χ2v) is 7.61. The van der Waals surface area contributed by atoms with Gasteiger partial charge in [-0.3, -0.25) is 14.9 Å². The standard InChI is InChI=1S/C17H15N3O3S2/c1-24-10-6-7-14(20(22)23)12(8-10)16(21)19-17-13(9-18)11-4-2-3-5-15(11)25-17/h6-8H,2-5H2,1H3,(H,19,21). The van der Waals surface area contributed by atoms with E-state index in [0.717, 1.165) is 41.0 Å². The number of nitrogens with zero attached hydrogens (tertiary/aromatic N) is 2. The number of carbonyl (C=O) groups is 1. The highest BCUT2D eigenvalue weighted by Crippen LogP contribution is 2.38. The fraction of sp³-hybridized carbons (Fsp3) is 0.294. The molecule has 1 aromatic carbocycles. The number of benzene rings is 1. The van der Waals surface area contributed by atoms with Crippen molar-refractivity contribution in [1.82, 2.24) is 0 Å². The number of rotatable bonds is 4. The number of nitro groups is 1. The predicted molar refractivity (Wildman–Crippen MR) is 98.5 cm³/mol. The van der Waals surface area contributed by atoms with Gasteiger partial charge < -0.3 is 5.32 Å². The highest BCUT2D eigenvalue weighted by atomic mass is 32.2. The summed E-state index contributed by atoms with van der Waals surface area (Å²) < 4.78 is 0. The van der Waals surface area contributed by atoms with E-state index < -0.39 is 10.8 Å². The van der Waals surface area contributed by atoms with E-state index in [1.54, 1.807) is 6.07 Å². The predicted octanol–water partition coefficient (Wildman–Crippen LogP) is 4.38. The minimum Gasteiger partial charge on any atom is -0.312 e. The van der Waals surface area contributed by atoms with Crippen molar-refractivity contribution in [3.63, 3.8) is 0 Å². The van der Waals surface area contributed by atoms with E-state index in [1.807, 2.05) is 6.26 Å². The molecule has 8 heteroatoms. The summed E-state index contributed by atoms with van der Waals surface area (Å²) >= 11 is 2.81. The molecule has 0 atom stereocenters. The van der Waals surface area contributed by atoms with Crippen LogP contribution in [-0.2, 0) is 12.8 Å². The number of fused-ring (bicyclic) bond motifs is 1. The molecule has 3 rings (SSSR count). The third-order valence-electron chi connectivity index (χ3n) is 4.16. The fourth-order valence-corrected chi connectivity index (χ4v) is 4.60. The Bertz CT molecular complexity index is 899. The van der Waals surface area contributed by atoms with E-state index in [4.69, 9.17) is 0 Å². The van der Waals surface area contributed by atoms with Crippen LogP contribution in [0.5, 0.6) is 0 Å². The number of hydrogen-bond acceptors (Lipinski definition) is 6. The molecular formula is C17H15N3O3S2. The molecule has 128 valence electrons. The lowest BCUT2D eigenvalue weighted by Crippen LogP contribution is -2.14. The fourth-order valence-electron chi connectivity index (χ4n) is 2.93. The number of aryl methyl sites for hydroxylation is 1. The van der Waals surface area contributed by atoms with Crippen molar-refractivity contribution >= 4 is 39.7 Å². The Morgan fingerprint density at radius 3 is 2.84 bits per heavy atom. The normalized spacial score (nSPS) is 13.0. The van der Waals surface area contributed by atoms with Crippen LogP contribution in [0.4, 0.5) is 10.7 Å². The second-order valence-electron chi connectivity index (χ2n) is 5.62. The van der Waals surface area contributed by atoms with Crippen LogP contribution in [0.3, 0.4) is 0 Å². The number of anilines is 1. The van der Waals surface area contributed by atoms with Gasteiger partial charge in [-0.1, -0.05) is 0 Å². The Kier molecular flexibility index (Phi) is 5.06. The van der Waals surface area contributed by atoms with Crippen LogP contribution < -0.4 is 5.32 Å². The van der Waals surface area contributed by atoms with Crippen molar-refractivity contribution in [1.29, 1.82) is 5.26 Å². The van der Waals surface area contributed by atoms with Gasteiger partial charge in [0.15, 0.2) is 0 Å². The molecule has 25 heavy (non-hydrogen) atoms. The molecule has 1 aliphatic carbocycles. The average Bonchev–Trinajstić information content (AvgIpc) is 2.97. The first-order chi connectivity index (χ1) is 12.0. The van der Waals surface area contributed by atoms with Gasteiger partial charge in [-0.2, -0.15) is 5.26 Å². The van der Waals surface area contributed by atoms with Gasteiger partial charge in [0.2, 0.25) is 0 Å².